The molecule has 0 aromatic rings. The third-order valence-corrected chi connectivity index (χ3v) is 7.03. The van der Waals surface area contributed by atoms with Crippen LogP contribution < -0.4 is 0 Å². The molecule has 2 aliphatic rings. The molecule has 0 bridgehead atoms. The molecule has 1 unspecified atom stereocenters. The third kappa shape index (κ3) is 9.41. The summed E-state index contributed by atoms with van der Waals surface area (Å²) in [5.74, 6) is 5.29. The summed E-state index contributed by atoms with van der Waals surface area (Å²) in [6, 6.07) is 0. The fourth-order valence-corrected chi connectivity index (χ4v) is 4.90. The van der Waals surface area contributed by atoms with Gasteiger partial charge in [-0.1, -0.05) is 45.3 Å². The molecule has 0 amide bonds. The van der Waals surface area contributed by atoms with Crippen LogP contribution in [0.2, 0.25) is 0 Å². The van der Waals surface area contributed by atoms with Crippen LogP contribution in [0.25, 0.3) is 0 Å². The number of carbonyl (C=O) groups is 1. The Bertz CT molecular complexity index is 670. The average molecular weight is 465 g/mol. The van der Waals surface area contributed by atoms with Crippen LogP contribution in [0.5, 0.6) is 0 Å². The molecule has 1 saturated carbocycles. The number of unbranched alkanes of at least 4 members (excludes halogenated alkanes) is 3. The Morgan fingerprint density at radius 2 is 1.94 bits per heavy atom. The molecule has 0 radical (unpaired) electrons. The molecule has 1 heterocycles. The Kier molecular flexibility index (Phi) is 11.9. The highest BCUT2D eigenvalue weighted by Crippen LogP contribution is 2.38. The highest BCUT2D eigenvalue weighted by molar-refractivity contribution is 5.66. The van der Waals surface area contributed by atoms with Crippen molar-refractivity contribution >= 4 is 5.97 Å². The first-order valence-electron chi connectivity index (χ1n) is 12.7. The number of aliphatic hydroxyl groups excluding tert-OH is 2. The van der Waals surface area contributed by atoms with Crippen molar-refractivity contribution in [2.75, 3.05) is 6.61 Å². The van der Waals surface area contributed by atoms with Crippen molar-refractivity contribution in [3.8, 4) is 11.8 Å². The minimum absolute atomic E-state index is 0.000787. The number of rotatable bonds is 13. The van der Waals surface area contributed by atoms with Crippen LogP contribution in [-0.2, 0) is 14.3 Å². The Balaban J connectivity index is 2.02. The highest BCUT2D eigenvalue weighted by Gasteiger charge is 2.40. The van der Waals surface area contributed by atoms with Crippen molar-refractivity contribution in [1.82, 2.24) is 0 Å². The molecule has 188 valence electrons. The fraction of sp³-hybridized carbons (Fsp3) is 0.815. The Hall–Kier alpha value is -1.39. The van der Waals surface area contributed by atoms with Crippen molar-refractivity contribution < 1.29 is 29.6 Å². The second-order valence-corrected chi connectivity index (χ2v) is 10.3. The number of ether oxygens (including phenoxy) is 2. The van der Waals surface area contributed by atoms with Gasteiger partial charge in [0.1, 0.15) is 0 Å². The summed E-state index contributed by atoms with van der Waals surface area (Å²) in [7, 11) is 0. The molecule has 1 aliphatic heterocycles. The Labute approximate surface area is 199 Å². The van der Waals surface area contributed by atoms with E-state index < -0.39 is 18.2 Å². The summed E-state index contributed by atoms with van der Waals surface area (Å²) in [6.45, 7) is 6.85. The van der Waals surface area contributed by atoms with Crippen LogP contribution >= 0.6 is 0 Å². The van der Waals surface area contributed by atoms with Gasteiger partial charge in [-0.15, -0.1) is 11.8 Å². The highest BCUT2D eigenvalue weighted by atomic mass is 16.7. The maximum absolute atomic E-state index is 10.7. The van der Waals surface area contributed by atoms with E-state index in [9.17, 15) is 15.0 Å². The van der Waals surface area contributed by atoms with E-state index in [1.165, 1.54) is 0 Å². The van der Waals surface area contributed by atoms with Gasteiger partial charge in [-0.25, -0.2) is 0 Å². The molecular formula is C27H44O6. The van der Waals surface area contributed by atoms with Gasteiger partial charge < -0.3 is 24.8 Å². The molecule has 1 aliphatic carbocycles. The smallest absolute Gasteiger partial charge is 0.303 e. The summed E-state index contributed by atoms with van der Waals surface area (Å²) >= 11 is 0. The van der Waals surface area contributed by atoms with E-state index in [4.69, 9.17) is 14.6 Å². The topological polar surface area (TPSA) is 96.2 Å². The van der Waals surface area contributed by atoms with E-state index in [2.05, 4.69) is 31.8 Å². The van der Waals surface area contributed by atoms with Gasteiger partial charge in [-0.05, 0) is 44.9 Å². The molecule has 3 N–H and O–H groups in total. The number of carboxylic acids is 1. The normalized spacial score (nSPS) is 29.1. The average Bonchev–Trinajstić information content (AvgIpc) is 3.04. The lowest BCUT2D eigenvalue weighted by Crippen LogP contribution is -2.36. The van der Waals surface area contributed by atoms with Crippen molar-refractivity contribution in [3.05, 3.63) is 12.2 Å². The van der Waals surface area contributed by atoms with Crippen LogP contribution in [0, 0.1) is 29.1 Å². The quantitative estimate of drug-likeness (QED) is 0.208. The Morgan fingerprint density at radius 3 is 2.61 bits per heavy atom. The Morgan fingerprint density at radius 1 is 1.18 bits per heavy atom. The predicted molar refractivity (Wildman–Crippen MR) is 128 cm³/mol. The molecule has 0 aromatic carbocycles. The van der Waals surface area contributed by atoms with E-state index in [0.29, 0.717) is 19.3 Å². The minimum atomic E-state index is -0.752. The van der Waals surface area contributed by atoms with Crippen LogP contribution in [0.1, 0.15) is 91.4 Å². The van der Waals surface area contributed by atoms with Crippen molar-refractivity contribution in [2.45, 2.75) is 116 Å². The molecular weight excluding hydrogens is 420 g/mol. The summed E-state index contributed by atoms with van der Waals surface area (Å²) in [6.07, 6.45) is 11.2. The molecule has 1 saturated heterocycles. The van der Waals surface area contributed by atoms with Crippen molar-refractivity contribution in [1.29, 1.82) is 0 Å². The van der Waals surface area contributed by atoms with Gasteiger partial charge in [0.05, 0.1) is 18.3 Å². The summed E-state index contributed by atoms with van der Waals surface area (Å²) in [5, 5.41) is 30.0. The third-order valence-electron chi connectivity index (χ3n) is 7.03. The molecule has 33 heavy (non-hydrogen) atoms. The number of carboxylic acid groups (broad SMARTS) is 1. The van der Waals surface area contributed by atoms with E-state index in [0.717, 1.165) is 51.6 Å². The van der Waals surface area contributed by atoms with E-state index in [-0.39, 0.29) is 36.1 Å². The second kappa shape index (κ2) is 14.1. The SMILES string of the molecule is CC#CCC(C)(C)[C@@H](/C=C/[C@@H]1[C@@H](CCCCCCC(=O)O)[C@@H](O)C[C@H]1O)OC1CCCCO1. The zero-order valence-corrected chi connectivity index (χ0v) is 20.7. The van der Waals surface area contributed by atoms with Crippen molar-refractivity contribution in [3.63, 3.8) is 0 Å². The first-order chi connectivity index (χ1) is 15.7. The lowest BCUT2D eigenvalue weighted by atomic mass is 9.81. The first-order valence-corrected chi connectivity index (χ1v) is 12.7. The van der Waals surface area contributed by atoms with E-state index >= 15 is 0 Å². The molecule has 0 spiro atoms. The number of aliphatic carboxylic acids is 1. The van der Waals surface area contributed by atoms with Crippen LogP contribution in [0.3, 0.4) is 0 Å². The van der Waals surface area contributed by atoms with Gasteiger partial charge in [0, 0.05) is 37.2 Å². The maximum atomic E-state index is 10.7. The van der Waals surface area contributed by atoms with Crippen LogP contribution in [0.4, 0.5) is 0 Å². The number of aliphatic hydroxyl groups is 2. The van der Waals surface area contributed by atoms with Gasteiger partial charge in [0.15, 0.2) is 6.29 Å². The lowest BCUT2D eigenvalue weighted by molar-refractivity contribution is -0.196. The summed E-state index contributed by atoms with van der Waals surface area (Å²) in [5.41, 5.74) is -0.220. The largest absolute Gasteiger partial charge is 0.481 e. The lowest BCUT2D eigenvalue weighted by Gasteiger charge is -2.35. The van der Waals surface area contributed by atoms with Gasteiger partial charge in [-0.2, -0.15) is 0 Å². The second-order valence-electron chi connectivity index (χ2n) is 10.3. The van der Waals surface area contributed by atoms with Gasteiger partial charge in [-0.3, -0.25) is 4.79 Å². The minimum Gasteiger partial charge on any atom is -0.481 e. The van der Waals surface area contributed by atoms with E-state index in [1.54, 1.807) is 0 Å². The van der Waals surface area contributed by atoms with Crippen LogP contribution in [0.15, 0.2) is 12.2 Å². The molecule has 6 nitrogen and oxygen atoms in total. The zero-order valence-electron chi connectivity index (χ0n) is 20.7. The summed E-state index contributed by atoms with van der Waals surface area (Å²) < 4.78 is 12.2. The van der Waals surface area contributed by atoms with Gasteiger partial charge >= 0.3 is 5.97 Å². The molecule has 6 atom stereocenters. The first kappa shape index (κ1) is 27.9. The van der Waals surface area contributed by atoms with Gasteiger partial charge in [0.2, 0.25) is 0 Å². The standard InChI is InChI=1S/C27H44O6/c1-4-5-17-27(2,3)24(33-26-14-10-11-18-32-26)16-15-21-20(22(28)19-23(21)29)12-8-6-7-9-13-25(30)31/h15-16,20-24,26,28-29H,6-14,17-19H2,1-3H3,(H,30,31)/b16-15+/t20-,21-,22+,23-,24-,26?/m1/s1. The zero-order chi connectivity index (χ0) is 24.3. The molecule has 0 aromatic heterocycles. The van der Waals surface area contributed by atoms with Gasteiger partial charge in [0.25, 0.3) is 0 Å². The van der Waals surface area contributed by atoms with Crippen LogP contribution in [-0.4, -0.2) is 52.5 Å². The molecule has 2 fully saturated rings. The van der Waals surface area contributed by atoms with Crippen molar-refractivity contribution in [2.24, 2.45) is 17.3 Å². The molecule has 6 heteroatoms. The van der Waals surface area contributed by atoms with E-state index in [1.807, 2.05) is 13.0 Å². The monoisotopic (exact) mass is 464 g/mol. The predicted octanol–water partition coefficient (Wildman–Crippen LogP) is 4.68. The fourth-order valence-electron chi connectivity index (χ4n) is 4.90. The summed E-state index contributed by atoms with van der Waals surface area (Å²) in [4.78, 5) is 10.7. The number of hydrogen-bond acceptors (Lipinski definition) is 5. The molecule has 2 rings (SSSR count). The maximum Gasteiger partial charge on any atom is 0.303 e. The number of hydrogen-bond donors (Lipinski definition) is 3.